The standard InChI is InChI=1S/C27H28F3NO3/c1-15-25-23(22-10-8-21(32)12-18(22)13-24(25)26(33)34-15)9-7-20-6-5-17(14-31-20)16-3-2-4-19(11-16)27(28,29)30/h2-7,9,11,14-15,18,21-25,32H,8,10,12-13H2,1H3/b9-7+/t15-,18+,21+,22-,23+,24-,25+/m1/s1. The number of allylic oxidation sites excluding steroid dienone is 1. The van der Waals surface area contributed by atoms with Crippen LogP contribution < -0.4 is 0 Å². The number of carbonyl (C=O) groups is 1. The van der Waals surface area contributed by atoms with Gasteiger partial charge in [0.25, 0.3) is 0 Å². The Morgan fingerprint density at radius 3 is 2.68 bits per heavy atom. The first-order valence-electron chi connectivity index (χ1n) is 11.9. The monoisotopic (exact) mass is 471 g/mol. The van der Waals surface area contributed by atoms with Crippen LogP contribution in [-0.2, 0) is 15.7 Å². The fourth-order valence-corrected chi connectivity index (χ4v) is 6.35. The highest BCUT2D eigenvalue weighted by molar-refractivity contribution is 5.75. The Labute approximate surface area is 196 Å². The summed E-state index contributed by atoms with van der Waals surface area (Å²) in [5.74, 6) is 0.702. The van der Waals surface area contributed by atoms with Crippen molar-refractivity contribution in [2.75, 3.05) is 0 Å². The Kier molecular flexibility index (Phi) is 6.00. The molecule has 1 saturated heterocycles. The zero-order chi connectivity index (χ0) is 24.0. The van der Waals surface area contributed by atoms with E-state index in [9.17, 15) is 23.1 Å². The van der Waals surface area contributed by atoms with E-state index in [1.54, 1.807) is 24.4 Å². The van der Waals surface area contributed by atoms with Gasteiger partial charge < -0.3 is 9.84 Å². The number of halogens is 3. The van der Waals surface area contributed by atoms with Gasteiger partial charge in [0.05, 0.1) is 23.3 Å². The maximum atomic E-state index is 13.0. The molecular formula is C27H28F3NO3. The van der Waals surface area contributed by atoms with E-state index in [-0.39, 0.29) is 35.9 Å². The highest BCUT2D eigenvalue weighted by Gasteiger charge is 2.54. The molecule has 34 heavy (non-hydrogen) atoms. The van der Waals surface area contributed by atoms with Crippen LogP contribution in [0.25, 0.3) is 17.2 Å². The van der Waals surface area contributed by atoms with E-state index >= 15 is 0 Å². The van der Waals surface area contributed by atoms with Gasteiger partial charge in [0, 0.05) is 17.7 Å². The number of nitrogens with zero attached hydrogens (tertiary/aromatic N) is 1. The number of aliphatic hydroxyl groups is 1. The van der Waals surface area contributed by atoms with Crippen LogP contribution in [0.15, 0.2) is 48.7 Å². The van der Waals surface area contributed by atoms with Crippen LogP contribution in [0, 0.1) is 29.6 Å². The number of hydrogen-bond donors (Lipinski definition) is 1. The second kappa shape index (κ2) is 8.84. The van der Waals surface area contributed by atoms with Crippen molar-refractivity contribution in [2.24, 2.45) is 29.6 Å². The molecule has 5 rings (SSSR count). The number of cyclic esters (lactones) is 1. The predicted molar refractivity (Wildman–Crippen MR) is 121 cm³/mol. The molecule has 3 aliphatic rings. The summed E-state index contributed by atoms with van der Waals surface area (Å²) >= 11 is 0. The van der Waals surface area contributed by atoms with Crippen molar-refractivity contribution in [1.82, 2.24) is 4.98 Å². The Hall–Kier alpha value is -2.67. The number of esters is 1. The summed E-state index contributed by atoms with van der Waals surface area (Å²) in [6.45, 7) is 1.96. The lowest BCUT2D eigenvalue weighted by molar-refractivity contribution is -0.144. The van der Waals surface area contributed by atoms with Crippen molar-refractivity contribution >= 4 is 12.0 Å². The third kappa shape index (κ3) is 4.38. The van der Waals surface area contributed by atoms with Gasteiger partial charge in [0.15, 0.2) is 0 Å². The van der Waals surface area contributed by atoms with Crippen LogP contribution in [0.1, 0.15) is 43.9 Å². The molecule has 1 N–H and O–H groups in total. The van der Waals surface area contributed by atoms with Gasteiger partial charge in [0.1, 0.15) is 6.10 Å². The van der Waals surface area contributed by atoms with Gasteiger partial charge in [0.2, 0.25) is 0 Å². The van der Waals surface area contributed by atoms with Gasteiger partial charge in [-0.1, -0.05) is 24.3 Å². The van der Waals surface area contributed by atoms with E-state index in [1.165, 1.54) is 6.07 Å². The van der Waals surface area contributed by atoms with Gasteiger partial charge in [-0.2, -0.15) is 13.2 Å². The molecule has 1 aromatic heterocycles. The van der Waals surface area contributed by atoms with E-state index in [4.69, 9.17) is 4.74 Å². The normalized spacial score (nSPS) is 33.4. The van der Waals surface area contributed by atoms with Crippen molar-refractivity contribution in [3.05, 3.63) is 59.9 Å². The second-order valence-corrected chi connectivity index (χ2v) is 9.94. The molecular weight excluding hydrogens is 443 g/mol. The zero-order valence-corrected chi connectivity index (χ0v) is 18.9. The first kappa shape index (κ1) is 23.1. The van der Waals surface area contributed by atoms with E-state index in [1.807, 2.05) is 13.0 Å². The minimum absolute atomic E-state index is 0.115. The molecule has 1 aliphatic heterocycles. The summed E-state index contributed by atoms with van der Waals surface area (Å²) in [5, 5.41) is 10.2. The molecule has 0 radical (unpaired) electrons. The van der Waals surface area contributed by atoms with Gasteiger partial charge >= 0.3 is 12.1 Å². The number of benzene rings is 1. The number of fused-ring (bicyclic) bond motifs is 2. The van der Waals surface area contributed by atoms with Crippen LogP contribution >= 0.6 is 0 Å². The van der Waals surface area contributed by atoms with Crippen molar-refractivity contribution < 1.29 is 27.8 Å². The summed E-state index contributed by atoms with van der Waals surface area (Å²) in [5.41, 5.74) is 1.11. The second-order valence-electron chi connectivity index (χ2n) is 9.94. The number of rotatable bonds is 3. The average Bonchev–Trinajstić information content (AvgIpc) is 3.09. The quantitative estimate of drug-likeness (QED) is 0.579. The number of pyridine rings is 1. The average molecular weight is 472 g/mol. The summed E-state index contributed by atoms with van der Waals surface area (Å²) in [7, 11) is 0. The topological polar surface area (TPSA) is 59.4 Å². The number of alkyl halides is 3. The minimum Gasteiger partial charge on any atom is -0.462 e. The lowest BCUT2D eigenvalue weighted by Crippen LogP contribution is -2.44. The summed E-state index contributed by atoms with van der Waals surface area (Å²) < 4.78 is 44.7. The Balaban J connectivity index is 1.38. The number of carbonyl (C=O) groups excluding carboxylic acids is 1. The molecule has 2 heterocycles. The van der Waals surface area contributed by atoms with Crippen molar-refractivity contribution in [3.8, 4) is 11.1 Å². The molecule has 0 unspecified atom stereocenters. The van der Waals surface area contributed by atoms with E-state index in [0.717, 1.165) is 37.8 Å². The highest BCUT2D eigenvalue weighted by Crippen LogP contribution is 2.53. The number of aliphatic hydroxyl groups excluding tert-OH is 1. The van der Waals surface area contributed by atoms with Gasteiger partial charge in [-0.15, -0.1) is 0 Å². The minimum atomic E-state index is -4.39. The van der Waals surface area contributed by atoms with E-state index in [2.05, 4.69) is 11.1 Å². The molecule has 180 valence electrons. The first-order valence-corrected chi connectivity index (χ1v) is 11.9. The largest absolute Gasteiger partial charge is 0.462 e. The Morgan fingerprint density at radius 2 is 1.94 bits per heavy atom. The number of hydrogen-bond acceptors (Lipinski definition) is 4. The molecule has 4 nitrogen and oxygen atoms in total. The van der Waals surface area contributed by atoms with Crippen molar-refractivity contribution in [3.63, 3.8) is 0 Å². The molecule has 0 bridgehead atoms. The lowest BCUT2D eigenvalue weighted by atomic mass is 9.57. The van der Waals surface area contributed by atoms with Crippen LogP contribution in [0.5, 0.6) is 0 Å². The van der Waals surface area contributed by atoms with Crippen molar-refractivity contribution in [2.45, 2.75) is 51.0 Å². The van der Waals surface area contributed by atoms with E-state index < -0.39 is 11.7 Å². The van der Waals surface area contributed by atoms with Crippen LogP contribution in [0.4, 0.5) is 13.2 Å². The summed E-state index contributed by atoms with van der Waals surface area (Å²) in [6.07, 6.45) is 4.04. The molecule has 3 fully saturated rings. The molecule has 2 aliphatic carbocycles. The maximum Gasteiger partial charge on any atom is 0.416 e. The molecule has 7 heteroatoms. The smallest absolute Gasteiger partial charge is 0.416 e. The first-order chi connectivity index (χ1) is 16.2. The Morgan fingerprint density at radius 1 is 1.12 bits per heavy atom. The molecule has 0 amide bonds. The Bertz CT molecular complexity index is 1080. The molecule has 0 spiro atoms. The molecule has 2 saturated carbocycles. The van der Waals surface area contributed by atoms with Gasteiger partial charge in [-0.25, -0.2) is 0 Å². The van der Waals surface area contributed by atoms with Gasteiger partial charge in [-0.05, 0) is 80.2 Å². The van der Waals surface area contributed by atoms with Crippen molar-refractivity contribution in [1.29, 1.82) is 0 Å². The molecule has 2 aromatic rings. The van der Waals surface area contributed by atoms with Crippen LogP contribution in [0.3, 0.4) is 0 Å². The third-order valence-corrected chi connectivity index (χ3v) is 7.92. The summed E-state index contributed by atoms with van der Waals surface area (Å²) in [4.78, 5) is 16.9. The zero-order valence-electron chi connectivity index (χ0n) is 18.9. The third-order valence-electron chi connectivity index (χ3n) is 7.92. The predicted octanol–water partition coefficient (Wildman–Crippen LogP) is 5.76. The number of aromatic nitrogens is 1. The number of ether oxygens (including phenoxy) is 1. The lowest BCUT2D eigenvalue weighted by Gasteiger charge is -2.46. The highest BCUT2D eigenvalue weighted by atomic mass is 19.4. The van der Waals surface area contributed by atoms with Gasteiger partial charge in [-0.3, -0.25) is 9.78 Å². The van der Waals surface area contributed by atoms with E-state index in [0.29, 0.717) is 28.7 Å². The van der Waals surface area contributed by atoms with Crippen LogP contribution in [-0.4, -0.2) is 28.3 Å². The SMILES string of the molecule is C[C@H]1OC(=O)[C@@H]2C[C@@H]3C[C@@H](O)CC[C@H]3[C@H](/C=C/c3ccc(-c4cccc(C(F)(F)F)c4)cn3)[C@H]12. The molecule has 1 aromatic carbocycles. The fraction of sp³-hybridized carbons (Fsp3) is 0.481. The maximum absolute atomic E-state index is 13.0. The van der Waals surface area contributed by atoms with Crippen LogP contribution in [0.2, 0.25) is 0 Å². The molecule has 7 atom stereocenters. The fourth-order valence-electron chi connectivity index (χ4n) is 6.35. The summed E-state index contributed by atoms with van der Waals surface area (Å²) in [6, 6.07) is 8.80.